The van der Waals surface area contributed by atoms with Crippen LogP contribution in [0.1, 0.15) is 45.6 Å². The van der Waals surface area contributed by atoms with Crippen molar-refractivity contribution in [1.29, 1.82) is 0 Å². The molecular formula is C17H28N2. The van der Waals surface area contributed by atoms with Gasteiger partial charge in [0.25, 0.3) is 0 Å². The van der Waals surface area contributed by atoms with Gasteiger partial charge in [-0.15, -0.1) is 0 Å². The highest BCUT2D eigenvalue weighted by Gasteiger charge is 2.18. The lowest BCUT2D eigenvalue weighted by Gasteiger charge is -2.35. The molecule has 1 N–H and O–H groups in total. The highest BCUT2D eigenvalue weighted by molar-refractivity contribution is 5.48. The predicted octanol–water partition coefficient (Wildman–Crippen LogP) is 3.81. The van der Waals surface area contributed by atoms with Crippen LogP contribution in [0.4, 0.5) is 5.69 Å². The van der Waals surface area contributed by atoms with Crippen LogP contribution < -0.4 is 10.2 Å². The first-order valence-corrected chi connectivity index (χ1v) is 7.73. The molecule has 0 spiro atoms. The van der Waals surface area contributed by atoms with E-state index in [1.807, 2.05) is 0 Å². The lowest BCUT2D eigenvalue weighted by Crippen LogP contribution is -2.37. The average molecular weight is 260 g/mol. The van der Waals surface area contributed by atoms with E-state index in [4.69, 9.17) is 0 Å². The molecule has 0 amide bonds. The minimum absolute atomic E-state index is 0.693. The summed E-state index contributed by atoms with van der Waals surface area (Å²) in [5.74, 6) is 0.716. The Morgan fingerprint density at radius 1 is 1.21 bits per heavy atom. The molecule has 0 radical (unpaired) electrons. The topological polar surface area (TPSA) is 15.3 Å². The zero-order valence-corrected chi connectivity index (χ0v) is 12.7. The molecule has 1 unspecified atom stereocenters. The molecule has 19 heavy (non-hydrogen) atoms. The summed E-state index contributed by atoms with van der Waals surface area (Å²) in [6.07, 6.45) is 4.05. The highest BCUT2D eigenvalue weighted by atomic mass is 15.2. The Labute approximate surface area is 118 Å². The summed E-state index contributed by atoms with van der Waals surface area (Å²) in [5, 5.41) is 3.50. The van der Waals surface area contributed by atoms with E-state index in [1.54, 1.807) is 0 Å². The quantitative estimate of drug-likeness (QED) is 0.866. The van der Waals surface area contributed by atoms with Gasteiger partial charge < -0.3 is 10.2 Å². The summed E-state index contributed by atoms with van der Waals surface area (Å²) in [6, 6.07) is 9.80. The molecule has 1 aliphatic rings. The van der Waals surface area contributed by atoms with Crippen molar-refractivity contribution in [3.05, 3.63) is 29.8 Å². The van der Waals surface area contributed by atoms with Crippen LogP contribution in [0.5, 0.6) is 0 Å². The lowest BCUT2D eigenvalue weighted by atomic mass is 10.0. The second kappa shape index (κ2) is 6.95. The molecule has 1 aromatic rings. The van der Waals surface area contributed by atoms with E-state index in [9.17, 15) is 0 Å². The second-order valence-electron chi connectivity index (χ2n) is 6.23. The Hall–Kier alpha value is -1.02. The first kappa shape index (κ1) is 14.4. The Morgan fingerprint density at radius 3 is 2.58 bits per heavy atom. The van der Waals surface area contributed by atoms with Crippen LogP contribution in [-0.2, 0) is 6.54 Å². The first-order valence-electron chi connectivity index (χ1n) is 7.73. The van der Waals surface area contributed by atoms with Crippen molar-refractivity contribution in [3.63, 3.8) is 0 Å². The molecule has 1 aliphatic heterocycles. The third kappa shape index (κ3) is 4.24. The fourth-order valence-electron chi connectivity index (χ4n) is 2.79. The smallest absolute Gasteiger partial charge is 0.0368 e. The van der Waals surface area contributed by atoms with Gasteiger partial charge in [0, 0.05) is 24.8 Å². The summed E-state index contributed by atoms with van der Waals surface area (Å²) in [6.45, 7) is 10.1. The van der Waals surface area contributed by atoms with Crippen LogP contribution in [-0.4, -0.2) is 19.1 Å². The van der Waals surface area contributed by atoms with Gasteiger partial charge in [-0.25, -0.2) is 0 Å². The van der Waals surface area contributed by atoms with Gasteiger partial charge in [-0.3, -0.25) is 0 Å². The maximum atomic E-state index is 3.50. The van der Waals surface area contributed by atoms with Crippen molar-refractivity contribution in [2.45, 2.75) is 52.6 Å². The molecule has 2 rings (SSSR count). The molecule has 2 heteroatoms. The first-order chi connectivity index (χ1) is 9.16. The van der Waals surface area contributed by atoms with Crippen molar-refractivity contribution in [3.8, 4) is 0 Å². The highest BCUT2D eigenvalue weighted by Crippen LogP contribution is 2.24. The molecule has 106 valence electrons. The van der Waals surface area contributed by atoms with Crippen molar-refractivity contribution in [2.24, 2.45) is 5.92 Å². The second-order valence-corrected chi connectivity index (χ2v) is 6.23. The van der Waals surface area contributed by atoms with Crippen LogP contribution in [0.25, 0.3) is 0 Å². The minimum Gasteiger partial charge on any atom is -0.369 e. The van der Waals surface area contributed by atoms with E-state index in [2.05, 4.69) is 55.3 Å². The zero-order valence-electron chi connectivity index (χ0n) is 12.7. The Morgan fingerprint density at radius 2 is 1.95 bits per heavy atom. The molecule has 0 bridgehead atoms. The Bertz CT molecular complexity index is 369. The summed E-state index contributed by atoms with van der Waals surface area (Å²) in [7, 11) is 0. The van der Waals surface area contributed by atoms with E-state index in [0.29, 0.717) is 12.0 Å². The zero-order chi connectivity index (χ0) is 13.7. The molecule has 1 fully saturated rings. The Balaban J connectivity index is 1.90. The number of nitrogens with zero attached hydrogens (tertiary/aromatic N) is 1. The van der Waals surface area contributed by atoms with E-state index in [0.717, 1.165) is 13.1 Å². The van der Waals surface area contributed by atoms with E-state index >= 15 is 0 Å². The molecular weight excluding hydrogens is 232 g/mol. The standard InChI is InChI=1S/C17H28N2/c1-14(2)12-18-13-16-7-9-17(10-8-16)19-11-5-4-6-15(19)3/h7-10,14-15,18H,4-6,11-13H2,1-3H3. The summed E-state index contributed by atoms with van der Waals surface area (Å²) in [5.41, 5.74) is 2.77. The van der Waals surface area contributed by atoms with Gasteiger partial charge in [0.1, 0.15) is 0 Å². The largest absolute Gasteiger partial charge is 0.369 e. The summed E-state index contributed by atoms with van der Waals surface area (Å²) < 4.78 is 0. The van der Waals surface area contributed by atoms with E-state index in [-0.39, 0.29) is 0 Å². The number of nitrogens with one attached hydrogen (secondary N) is 1. The average Bonchev–Trinajstić information content (AvgIpc) is 2.40. The number of benzene rings is 1. The predicted molar refractivity (Wildman–Crippen MR) is 83.6 cm³/mol. The maximum Gasteiger partial charge on any atom is 0.0368 e. The molecule has 1 heterocycles. The van der Waals surface area contributed by atoms with Gasteiger partial charge in [0.05, 0.1) is 0 Å². The number of rotatable bonds is 5. The summed E-state index contributed by atoms with van der Waals surface area (Å²) in [4.78, 5) is 2.55. The molecule has 0 saturated carbocycles. The van der Waals surface area contributed by atoms with Crippen LogP contribution in [0.15, 0.2) is 24.3 Å². The van der Waals surface area contributed by atoms with Gasteiger partial charge in [-0.05, 0) is 56.3 Å². The fraction of sp³-hybridized carbons (Fsp3) is 0.647. The number of hydrogen-bond acceptors (Lipinski definition) is 2. The van der Waals surface area contributed by atoms with Crippen LogP contribution in [0.3, 0.4) is 0 Å². The molecule has 2 nitrogen and oxygen atoms in total. The fourth-order valence-corrected chi connectivity index (χ4v) is 2.79. The van der Waals surface area contributed by atoms with Crippen LogP contribution >= 0.6 is 0 Å². The van der Waals surface area contributed by atoms with Gasteiger partial charge >= 0.3 is 0 Å². The van der Waals surface area contributed by atoms with Gasteiger partial charge in [0.2, 0.25) is 0 Å². The van der Waals surface area contributed by atoms with Crippen molar-refractivity contribution >= 4 is 5.69 Å². The Kier molecular flexibility index (Phi) is 5.26. The molecule has 1 aromatic carbocycles. The van der Waals surface area contributed by atoms with Gasteiger partial charge in [-0.2, -0.15) is 0 Å². The van der Waals surface area contributed by atoms with Gasteiger partial charge in [-0.1, -0.05) is 26.0 Å². The lowest BCUT2D eigenvalue weighted by molar-refractivity contribution is 0.485. The number of anilines is 1. The van der Waals surface area contributed by atoms with E-state index < -0.39 is 0 Å². The van der Waals surface area contributed by atoms with Crippen molar-refractivity contribution in [2.75, 3.05) is 18.0 Å². The minimum atomic E-state index is 0.693. The normalized spacial score (nSPS) is 20.0. The molecule has 0 aromatic heterocycles. The number of hydrogen-bond donors (Lipinski definition) is 1. The number of piperidine rings is 1. The molecule has 0 aliphatic carbocycles. The SMILES string of the molecule is CC(C)CNCc1ccc(N2CCCCC2C)cc1. The van der Waals surface area contributed by atoms with Crippen LogP contribution in [0, 0.1) is 5.92 Å². The maximum absolute atomic E-state index is 3.50. The van der Waals surface area contributed by atoms with Gasteiger partial charge in [0.15, 0.2) is 0 Å². The third-order valence-corrected chi connectivity index (χ3v) is 3.95. The van der Waals surface area contributed by atoms with E-state index in [1.165, 1.54) is 37.1 Å². The van der Waals surface area contributed by atoms with Crippen molar-refractivity contribution in [1.82, 2.24) is 5.32 Å². The monoisotopic (exact) mass is 260 g/mol. The van der Waals surface area contributed by atoms with Crippen LogP contribution in [0.2, 0.25) is 0 Å². The molecule has 1 atom stereocenters. The summed E-state index contributed by atoms with van der Waals surface area (Å²) >= 11 is 0. The van der Waals surface area contributed by atoms with Crippen molar-refractivity contribution < 1.29 is 0 Å². The molecule has 1 saturated heterocycles. The third-order valence-electron chi connectivity index (χ3n) is 3.95.